The number of unbranched alkanes of at least 4 members (excludes halogenated alkanes) is 7. The Balaban J connectivity index is 2.50. The summed E-state index contributed by atoms with van der Waals surface area (Å²) in [6.07, 6.45) is 10.5. The molecule has 0 bridgehead atoms. The van der Waals surface area contributed by atoms with Crippen LogP contribution >= 0.6 is 15.9 Å². The van der Waals surface area contributed by atoms with E-state index in [2.05, 4.69) is 15.9 Å². The summed E-state index contributed by atoms with van der Waals surface area (Å²) in [5.41, 5.74) is 1.42. The zero-order chi connectivity index (χ0) is 17.9. The number of phenols is 2. The fraction of sp³-hybridized carbons (Fsp3) is 0.684. The van der Waals surface area contributed by atoms with E-state index in [1.54, 1.807) is 6.92 Å². The molecule has 1 aromatic rings. The quantitative estimate of drug-likeness (QED) is 0.276. The van der Waals surface area contributed by atoms with Gasteiger partial charge < -0.3 is 19.7 Å². The van der Waals surface area contributed by atoms with Crippen molar-refractivity contribution in [2.24, 2.45) is 0 Å². The summed E-state index contributed by atoms with van der Waals surface area (Å²) >= 11 is 3.46. The van der Waals surface area contributed by atoms with Gasteiger partial charge in [-0.15, -0.1) is 0 Å². The molecule has 0 atom stereocenters. The number of hydrogen-bond acceptors (Lipinski definition) is 4. The lowest BCUT2D eigenvalue weighted by Gasteiger charge is -2.17. The molecule has 0 saturated heterocycles. The minimum atomic E-state index is 0.0499. The molecular weight excluding hydrogens is 372 g/mol. The largest absolute Gasteiger partial charge is 0.504 e. The van der Waals surface area contributed by atoms with Crippen LogP contribution in [0.1, 0.15) is 62.5 Å². The second-order valence-electron chi connectivity index (χ2n) is 6.13. The number of benzene rings is 1. The van der Waals surface area contributed by atoms with Gasteiger partial charge in [-0.25, -0.2) is 0 Å². The number of methoxy groups -OCH3 is 2. The first-order valence-corrected chi connectivity index (χ1v) is 9.91. The number of rotatable bonds is 12. The van der Waals surface area contributed by atoms with Gasteiger partial charge in [-0.05, 0) is 26.2 Å². The van der Waals surface area contributed by atoms with E-state index in [0.29, 0.717) is 5.56 Å². The highest BCUT2D eigenvalue weighted by atomic mass is 79.9. The van der Waals surface area contributed by atoms with E-state index >= 15 is 0 Å². The van der Waals surface area contributed by atoms with Crippen molar-refractivity contribution >= 4 is 15.9 Å². The maximum Gasteiger partial charge on any atom is 0.207 e. The van der Waals surface area contributed by atoms with Crippen molar-refractivity contribution in [2.75, 3.05) is 19.5 Å². The van der Waals surface area contributed by atoms with Gasteiger partial charge in [0.1, 0.15) is 0 Å². The Morgan fingerprint density at radius 3 is 1.71 bits per heavy atom. The van der Waals surface area contributed by atoms with Gasteiger partial charge in [0.15, 0.2) is 11.5 Å². The van der Waals surface area contributed by atoms with Crippen LogP contribution in [-0.2, 0) is 6.42 Å². The molecule has 0 saturated carbocycles. The highest BCUT2D eigenvalue weighted by molar-refractivity contribution is 9.09. The molecule has 0 spiro atoms. The van der Waals surface area contributed by atoms with E-state index < -0.39 is 0 Å². The Morgan fingerprint density at radius 2 is 1.21 bits per heavy atom. The molecule has 0 fully saturated rings. The number of alkyl halides is 1. The lowest BCUT2D eigenvalue weighted by Crippen LogP contribution is -1.99. The van der Waals surface area contributed by atoms with Crippen molar-refractivity contribution in [3.05, 3.63) is 11.1 Å². The molecule has 0 aliphatic rings. The van der Waals surface area contributed by atoms with E-state index in [1.807, 2.05) is 0 Å². The molecular formula is C19H31BrO4. The summed E-state index contributed by atoms with van der Waals surface area (Å²) in [5.74, 6) is 0.537. The van der Waals surface area contributed by atoms with Crippen LogP contribution in [0.3, 0.4) is 0 Å². The third-order valence-corrected chi connectivity index (χ3v) is 5.01. The fourth-order valence-electron chi connectivity index (χ4n) is 2.98. The Labute approximate surface area is 154 Å². The van der Waals surface area contributed by atoms with Crippen molar-refractivity contribution < 1.29 is 19.7 Å². The lowest BCUT2D eigenvalue weighted by molar-refractivity contribution is 0.313. The van der Waals surface area contributed by atoms with Gasteiger partial charge in [-0.1, -0.05) is 54.5 Å². The highest BCUT2D eigenvalue weighted by Crippen LogP contribution is 2.48. The first-order chi connectivity index (χ1) is 11.6. The van der Waals surface area contributed by atoms with Gasteiger partial charge in [-0.2, -0.15) is 0 Å². The molecule has 1 rings (SSSR count). The second kappa shape index (κ2) is 11.5. The Bertz CT molecular complexity index is 503. The summed E-state index contributed by atoms with van der Waals surface area (Å²) < 4.78 is 10.3. The summed E-state index contributed by atoms with van der Waals surface area (Å²) in [4.78, 5) is 0. The molecule has 0 aliphatic heterocycles. The zero-order valence-electron chi connectivity index (χ0n) is 15.2. The van der Waals surface area contributed by atoms with Crippen LogP contribution < -0.4 is 9.47 Å². The smallest absolute Gasteiger partial charge is 0.207 e. The molecule has 5 heteroatoms. The van der Waals surface area contributed by atoms with Crippen molar-refractivity contribution in [1.29, 1.82) is 0 Å². The molecule has 0 radical (unpaired) electrons. The molecule has 138 valence electrons. The molecule has 1 aromatic carbocycles. The van der Waals surface area contributed by atoms with Gasteiger partial charge in [0.05, 0.1) is 14.2 Å². The van der Waals surface area contributed by atoms with E-state index in [0.717, 1.165) is 30.2 Å². The minimum Gasteiger partial charge on any atom is -0.504 e. The van der Waals surface area contributed by atoms with Crippen LogP contribution in [0.2, 0.25) is 0 Å². The van der Waals surface area contributed by atoms with Crippen LogP contribution in [0, 0.1) is 6.92 Å². The number of ether oxygens (including phenoxy) is 2. The third-order valence-electron chi connectivity index (χ3n) is 4.45. The van der Waals surface area contributed by atoms with Gasteiger partial charge in [0.25, 0.3) is 0 Å². The number of halogens is 1. The van der Waals surface area contributed by atoms with Crippen molar-refractivity contribution in [3.63, 3.8) is 0 Å². The van der Waals surface area contributed by atoms with Crippen LogP contribution in [0.15, 0.2) is 0 Å². The Hall–Kier alpha value is -1.10. The minimum absolute atomic E-state index is 0.0499. The van der Waals surface area contributed by atoms with E-state index in [4.69, 9.17) is 9.47 Å². The molecule has 0 unspecified atom stereocenters. The monoisotopic (exact) mass is 402 g/mol. The molecule has 2 N–H and O–H groups in total. The molecule has 0 heterocycles. The van der Waals surface area contributed by atoms with Gasteiger partial charge in [0.2, 0.25) is 11.5 Å². The zero-order valence-corrected chi connectivity index (χ0v) is 16.7. The first kappa shape index (κ1) is 20.9. The fourth-order valence-corrected chi connectivity index (χ4v) is 3.38. The van der Waals surface area contributed by atoms with Gasteiger partial charge in [-0.3, -0.25) is 0 Å². The molecule has 24 heavy (non-hydrogen) atoms. The second-order valence-corrected chi connectivity index (χ2v) is 6.93. The summed E-state index contributed by atoms with van der Waals surface area (Å²) in [6, 6.07) is 0. The number of phenolic OH excluding ortho intramolecular Hbond substituents is 2. The van der Waals surface area contributed by atoms with Crippen LogP contribution in [0.5, 0.6) is 23.0 Å². The van der Waals surface area contributed by atoms with Crippen molar-refractivity contribution in [1.82, 2.24) is 0 Å². The van der Waals surface area contributed by atoms with Crippen LogP contribution in [-0.4, -0.2) is 29.8 Å². The third kappa shape index (κ3) is 5.76. The van der Waals surface area contributed by atoms with E-state index in [1.165, 1.54) is 52.7 Å². The van der Waals surface area contributed by atoms with Gasteiger partial charge in [0, 0.05) is 16.5 Å². The Morgan fingerprint density at radius 1 is 0.750 bits per heavy atom. The van der Waals surface area contributed by atoms with Gasteiger partial charge >= 0.3 is 0 Å². The Kier molecular flexibility index (Phi) is 9.99. The average Bonchev–Trinajstić information content (AvgIpc) is 2.58. The summed E-state index contributed by atoms with van der Waals surface area (Å²) in [6.45, 7) is 1.80. The predicted octanol–water partition coefficient (Wildman–Crippen LogP) is 5.48. The molecule has 0 amide bonds. The highest BCUT2D eigenvalue weighted by Gasteiger charge is 2.22. The maximum atomic E-state index is 10.4. The summed E-state index contributed by atoms with van der Waals surface area (Å²) in [5, 5.41) is 21.8. The molecule has 0 aromatic heterocycles. The van der Waals surface area contributed by atoms with E-state index in [9.17, 15) is 10.2 Å². The van der Waals surface area contributed by atoms with E-state index in [-0.39, 0.29) is 23.0 Å². The average molecular weight is 403 g/mol. The maximum absolute atomic E-state index is 10.4. The topological polar surface area (TPSA) is 58.9 Å². The lowest BCUT2D eigenvalue weighted by atomic mass is 9.98. The predicted molar refractivity (Wildman–Crippen MR) is 102 cm³/mol. The van der Waals surface area contributed by atoms with Crippen LogP contribution in [0.4, 0.5) is 0 Å². The van der Waals surface area contributed by atoms with Crippen molar-refractivity contribution in [3.8, 4) is 23.0 Å². The van der Waals surface area contributed by atoms with Crippen molar-refractivity contribution in [2.45, 2.75) is 64.7 Å². The molecule has 0 aliphatic carbocycles. The normalized spacial score (nSPS) is 10.8. The van der Waals surface area contributed by atoms with Crippen LogP contribution in [0.25, 0.3) is 0 Å². The SMILES string of the molecule is COc1c(O)c(C)c(CCCCCCCCCCBr)c(O)c1OC. The summed E-state index contributed by atoms with van der Waals surface area (Å²) in [7, 11) is 2.92. The number of aromatic hydroxyl groups is 2. The molecule has 4 nitrogen and oxygen atoms in total. The first-order valence-electron chi connectivity index (χ1n) is 8.79. The standard InChI is InChI=1S/C19H31BrO4/c1-14-15(12-10-8-6-4-5-7-9-11-13-20)17(22)19(24-3)18(23-2)16(14)21/h21-22H,4-13H2,1-3H3. The number of hydrogen-bond donors (Lipinski definition) is 2.